The van der Waals surface area contributed by atoms with Crippen molar-refractivity contribution in [2.24, 2.45) is 0 Å². The number of nitrogens with one attached hydrogen (secondary N) is 1. The third kappa shape index (κ3) is 9.13. The molecule has 0 aromatic heterocycles. The van der Waals surface area contributed by atoms with Crippen LogP contribution in [-0.4, -0.2) is 50.5 Å². The lowest BCUT2D eigenvalue weighted by Gasteiger charge is -2.32. The number of hydrogen-bond acceptors (Lipinski definition) is 4. The van der Waals surface area contributed by atoms with Crippen molar-refractivity contribution in [2.75, 3.05) is 23.7 Å². The second kappa shape index (κ2) is 14.7. The molecule has 3 aromatic rings. The van der Waals surface area contributed by atoms with Crippen LogP contribution in [0.5, 0.6) is 0 Å². The molecule has 11 heteroatoms. The molecule has 0 aliphatic rings. The number of benzene rings is 3. The Morgan fingerprint density at radius 3 is 2.23 bits per heavy atom. The fourth-order valence-corrected chi connectivity index (χ4v) is 5.96. The van der Waals surface area contributed by atoms with Crippen LogP contribution in [0.25, 0.3) is 0 Å². The van der Waals surface area contributed by atoms with Crippen molar-refractivity contribution in [1.29, 1.82) is 0 Å². The van der Waals surface area contributed by atoms with Gasteiger partial charge in [-0.15, -0.1) is 0 Å². The Bertz CT molecular complexity index is 1420. The number of carbonyl (C=O) groups excluding carboxylic acids is 2. The van der Waals surface area contributed by atoms with Gasteiger partial charge in [0, 0.05) is 42.5 Å². The van der Waals surface area contributed by atoms with E-state index in [1.54, 1.807) is 29.2 Å². The van der Waals surface area contributed by atoms with E-state index in [0.717, 1.165) is 21.7 Å². The van der Waals surface area contributed by atoms with E-state index in [9.17, 15) is 18.0 Å². The molecule has 0 saturated carbocycles. The molecule has 0 unspecified atom stereocenters. The van der Waals surface area contributed by atoms with Gasteiger partial charge in [-0.1, -0.05) is 77.3 Å². The highest BCUT2D eigenvalue weighted by atomic mass is 35.5. The Kier molecular flexibility index (Phi) is 11.7. The summed E-state index contributed by atoms with van der Waals surface area (Å²) in [6.45, 7) is 2.39. The predicted octanol–water partition coefficient (Wildman–Crippen LogP) is 5.97. The molecule has 0 heterocycles. The van der Waals surface area contributed by atoms with Crippen molar-refractivity contribution in [3.8, 4) is 0 Å². The van der Waals surface area contributed by atoms with Crippen LogP contribution in [0.3, 0.4) is 0 Å². The number of sulfonamides is 1. The molecular formula is C29H32Cl3N3O4S. The van der Waals surface area contributed by atoms with Crippen LogP contribution in [0.1, 0.15) is 30.9 Å². The summed E-state index contributed by atoms with van der Waals surface area (Å²) in [7, 11) is -3.72. The Hall–Kier alpha value is -2.78. The van der Waals surface area contributed by atoms with Gasteiger partial charge in [-0.3, -0.25) is 13.9 Å². The van der Waals surface area contributed by atoms with E-state index in [1.807, 2.05) is 43.3 Å². The predicted molar refractivity (Wildman–Crippen MR) is 163 cm³/mol. The summed E-state index contributed by atoms with van der Waals surface area (Å²) in [6, 6.07) is 20.4. The minimum atomic E-state index is -3.72. The topological polar surface area (TPSA) is 86.8 Å². The summed E-state index contributed by atoms with van der Waals surface area (Å²) < 4.78 is 26.4. The molecule has 0 aliphatic carbocycles. The van der Waals surface area contributed by atoms with Gasteiger partial charge in [0.2, 0.25) is 21.8 Å². The van der Waals surface area contributed by atoms with Gasteiger partial charge in [0.1, 0.15) is 6.04 Å². The van der Waals surface area contributed by atoms with Crippen LogP contribution in [0, 0.1) is 0 Å². The fourth-order valence-electron chi connectivity index (χ4n) is 4.34. The van der Waals surface area contributed by atoms with Crippen LogP contribution in [0.4, 0.5) is 5.69 Å². The number of carbonyl (C=O) groups is 2. The summed E-state index contributed by atoms with van der Waals surface area (Å²) in [6.07, 6.45) is 1.57. The number of rotatable bonds is 13. The Labute approximate surface area is 251 Å². The SMILES string of the molecule is CCNC(=O)[C@H](Cc1ccccc1)N(Cc1cccc(Cl)c1)C(=O)CCCN(c1cc(Cl)ccc1Cl)S(C)(=O)=O. The molecule has 214 valence electrons. The van der Waals surface area contributed by atoms with Gasteiger partial charge in [0.05, 0.1) is 17.0 Å². The maximum absolute atomic E-state index is 13.8. The largest absolute Gasteiger partial charge is 0.355 e. The maximum Gasteiger partial charge on any atom is 0.243 e. The van der Waals surface area contributed by atoms with Crippen LogP contribution in [-0.2, 0) is 32.6 Å². The van der Waals surface area contributed by atoms with Crippen molar-refractivity contribution >= 4 is 62.3 Å². The molecule has 3 aromatic carbocycles. The first-order valence-corrected chi connectivity index (χ1v) is 15.8. The molecule has 0 saturated heterocycles. The molecule has 1 N–H and O–H groups in total. The molecular weight excluding hydrogens is 593 g/mol. The smallest absolute Gasteiger partial charge is 0.243 e. The highest BCUT2D eigenvalue weighted by Gasteiger charge is 2.30. The fraction of sp³-hybridized carbons (Fsp3) is 0.310. The number of halogens is 3. The van der Waals surface area contributed by atoms with Gasteiger partial charge >= 0.3 is 0 Å². The lowest BCUT2D eigenvalue weighted by molar-refractivity contribution is -0.141. The summed E-state index contributed by atoms with van der Waals surface area (Å²) in [5, 5.41) is 3.93. The van der Waals surface area contributed by atoms with Gasteiger partial charge in [0.15, 0.2) is 0 Å². The zero-order valence-corrected chi connectivity index (χ0v) is 25.4. The molecule has 2 amide bonds. The van der Waals surface area contributed by atoms with Crippen molar-refractivity contribution in [3.63, 3.8) is 0 Å². The second-order valence-corrected chi connectivity index (χ2v) is 12.5. The van der Waals surface area contributed by atoms with Crippen LogP contribution in [0.15, 0.2) is 72.8 Å². The van der Waals surface area contributed by atoms with E-state index in [4.69, 9.17) is 34.8 Å². The molecule has 0 spiro atoms. The summed E-state index contributed by atoms with van der Waals surface area (Å²) >= 11 is 18.6. The Morgan fingerprint density at radius 2 is 1.57 bits per heavy atom. The normalized spacial score (nSPS) is 12.0. The highest BCUT2D eigenvalue weighted by molar-refractivity contribution is 7.92. The Balaban J connectivity index is 1.88. The van der Waals surface area contributed by atoms with E-state index in [1.165, 1.54) is 12.1 Å². The first-order chi connectivity index (χ1) is 19.0. The molecule has 0 aliphatic heterocycles. The minimum Gasteiger partial charge on any atom is -0.355 e. The summed E-state index contributed by atoms with van der Waals surface area (Å²) in [4.78, 5) is 28.6. The standard InChI is InChI=1S/C29H32Cl3N3O4S/c1-3-33-29(37)27(18-21-9-5-4-6-10-21)34(20-22-11-7-12-23(30)17-22)28(36)13-8-16-35(40(2,38)39)26-19-24(31)14-15-25(26)32/h4-7,9-12,14-15,17,19,27H,3,8,13,16,18,20H2,1-2H3,(H,33,37)/t27-/m0/s1. The van der Waals surface area contributed by atoms with E-state index < -0.39 is 16.1 Å². The van der Waals surface area contributed by atoms with Gasteiger partial charge in [0.25, 0.3) is 0 Å². The van der Waals surface area contributed by atoms with Gasteiger partial charge in [-0.25, -0.2) is 8.42 Å². The van der Waals surface area contributed by atoms with E-state index in [-0.39, 0.29) is 48.5 Å². The van der Waals surface area contributed by atoms with Gasteiger partial charge in [-0.2, -0.15) is 0 Å². The molecule has 7 nitrogen and oxygen atoms in total. The zero-order valence-electron chi connectivity index (χ0n) is 22.3. The first-order valence-electron chi connectivity index (χ1n) is 12.8. The average molecular weight is 625 g/mol. The monoisotopic (exact) mass is 623 g/mol. The highest BCUT2D eigenvalue weighted by Crippen LogP contribution is 2.31. The lowest BCUT2D eigenvalue weighted by atomic mass is 10.0. The van der Waals surface area contributed by atoms with Crippen LogP contribution >= 0.6 is 34.8 Å². The van der Waals surface area contributed by atoms with Gasteiger partial charge < -0.3 is 10.2 Å². The minimum absolute atomic E-state index is 0.000148. The van der Waals surface area contributed by atoms with E-state index in [2.05, 4.69) is 5.32 Å². The van der Waals surface area contributed by atoms with Crippen molar-refractivity contribution in [1.82, 2.24) is 10.2 Å². The van der Waals surface area contributed by atoms with Crippen LogP contribution < -0.4 is 9.62 Å². The number of likely N-dealkylation sites (N-methyl/N-ethyl adjacent to an activating group) is 1. The Morgan fingerprint density at radius 1 is 0.900 bits per heavy atom. The van der Waals surface area contributed by atoms with Gasteiger partial charge in [-0.05, 0) is 54.8 Å². The average Bonchev–Trinajstić information content (AvgIpc) is 2.90. The number of anilines is 1. The molecule has 0 fully saturated rings. The van der Waals surface area contributed by atoms with Crippen LogP contribution in [0.2, 0.25) is 15.1 Å². The van der Waals surface area contributed by atoms with Crippen molar-refractivity contribution in [3.05, 3.63) is 99.0 Å². The third-order valence-electron chi connectivity index (χ3n) is 6.19. The van der Waals surface area contributed by atoms with Crippen molar-refractivity contribution < 1.29 is 18.0 Å². The molecule has 0 bridgehead atoms. The molecule has 0 radical (unpaired) electrons. The van der Waals surface area contributed by atoms with Crippen molar-refractivity contribution in [2.45, 2.75) is 38.8 Å². The molecule has 40 heavy (non-hydrogen) atoms. The zero-order chi connectivity index (χ0) is 29.3. The van der Waals surface area contributed by atoms with E-state index >= 15 is 0 Å². The van der Waals surface area contributed by atoms with E-state index in [0.29, 0.717) is 23.0 Å². The lowest BCUT2D eigenvalue weighted by Crippen LogP contribution is -2.50. The summed E-state index contributed by atoms with van der Waals surface area (Å²) in [5.74, 6) is -0.567. The number of nitrogens with zero attached hydrogens (tertiary/aromatic N) is 2. The summed E-state index contributed by atoms with van der Waals surface area (Å²) in [5.41, 5.74) is 1.91. The number of amides is 2. The maximum atomic E-state index is 13.8. The quantitative estimate of drug-likeness (QED) is 0.254. The second-order valence-electron chi connectivity index (χ2n) is 9.29. The number of hydrogen-bond donors (Lipinski definition) is 1. The first kappa shape index (κ1) is 31.7. The molecule has 3 rings (SSSR count). The molecule has 1 atom stereocenters. The third-order valence-corrected chi connectivity index (χ3v) is 8.16.